The number of hydrogen-bond donors (Lipinski definition) is 2. The van der Waals surface area contributed by atoms with E-state index in [4.69, 9.17) is 10.5 Å². The van der Waals surface area contributed by atoms with Gasteiger partial charge >= 0.3 is 0 Å². The number of ether oxygens (including phenoxy) is 1. The van der Waals surface area contributed by atoms with Crippen molar-refractivity contribution in [1.82, 2.24) is 10.3 Å². The molecule has 0 atom stereocenters. The number of hydrogen-bond acceptors (Lipinski definition) is 3. The molecule has 0 aliphatic rings. The van der Waals surface area contributed by atoms with Crippen molar-refractivity contribution in [2.75, 3.05) is 13.2 Å². The quantitative estimate of drug-likeness (QED) is 0.467. The molecule has 94 valence electrons. The minimum absolute atomic E-state index is 0.0716. The van der Waals surface area contributed by atoms with Gasteiger partial charge in [0.2, 0.25) is 0 Å². The Kier molecular flexibility index (Phi) is 4.75. The number of nitrogens with one attached hydrogen (secondary N) is 1. The van der Waals surface area contributed by atoms with Crippen molar-refractivity contribution in [3.8, 4) is 5.75 Å². The predicted octanol–water partition coefficient (Wildman–Crippen LogP) is 1.16. The largest absolute Gasteiger partial charge is 0.490 e. The Morgan fingerprint density at radius 1 is 1.53 bits per heavy atom. The zero-order valence-electron chi connectivity index (χ0n) is 10.6. The summed E-state index contributed by atoms with van der Waals surface area (Å²) in [5, 5.41) is 3.08. The maximum atomic E-state index is 5.71. The highest BCUT2D eigenvalue weighted by molar-refractivity contribution is 5.78. The van der Waals surface area contributed by atoms with E-state index in [0.717, 1.165) is 5.75 Å². The van der Waals surface area contributed by atoms with E-state index in [1.165, 1.54) is 0 Å². The van der Waals surface area contributed by atoms with Gasteiger partial charge < -0.3 is 15.8 Å². The number of rotatable bonds is 4. The Labute approximate surface area is 102 Å². The van der Waals surface area contributed by atoms with Crippen LogP contribution in [0.4, 0.5) is 0 Å². The van der Waals surface area contributed by atoms with Gasteiger partial charge in [-0.15, -0.1) is 0 Å². The van der Waals surface area contributed by atoms with Crippen LogP contribution in [0.5, 0.6) is 5.75 Å². The molecular weight excluding hydrogens is 216 g/mol. The average Bonchev–Trinajstić information content (AvgIpc) is 2.23. The van der Waals surface area contributed by atoms with Gasteiger partial charge in [-0.1, -0.05) is 0 Å². The van der Waals surface area contributed by atoms with Gasteiger partial charge in [0.25, 0.3) is 0 Å². The fourth-order valence-corrected chi connectivity index (χ4v) is 1.19. The van der Waals surface area contributed by atoms with E-state index in [1.807, 2.05) is 32.9 Å². The number of aromatic nitrogens is 1. The van der Waals surface area contributed by atoms with Crippen LogP contribution in [0.2, 0.25) is 0 Å². The molecule has 0 aromatic carbocycles. The van der Waals surface area contributed by atoms with Gasteiger partial charge in [-0.2, -0.15) is 0 Å². The Morgan fingerprint density at radius 3 is 2.88 bits per heavy atom. The summed E-state index contributed by atoms with van der Waals surface area (Å²) in [7, 11) is 0. The summed E-state index contributed by atoms with van der Waals surface area (Å²) in [4.78, 5) is 8.11. The highest BCUT2D eigenvalue weighted by atomic mass is 16.5. The molecule has 0 saturated carbocycles. The van der Waals surface area contributed by atoms with Gasteiger partial charge in [0.05, 0.1) is 12.7 Å². The summed E-state index contributed by atoms with van der Waals surface area (Å²) in [5.41, 5.74) is 5.64. The zero-order valence-corrected chi connectivity index (χ0v) is 10.6. The number of nitrogens with two attached hydrogens (primary N) is 1. The molecule has 0 spiro atoms. The summed E-state index contributed by atoms with van der Waals surface area (Å²) in [6, 6.07) is 3.68. The Bertz CT molecular complexity index is 357. The summed E-state index contributed by atoms with van der Waals surface area (Å²) < 4.78 is 5.43. The third-order valence-electron chi connectivity index (χ3n) is 1.78. The third-order valence-corrected chi connectivity index (χ3v) is 1.78. The molecule has 1 heterocycles. The number of pyridine rings is 1. The molecule has 0 fully saturated rings. The van der Waals surface area contributed by atoms with E-state index in [9.17, 15) is 0 Å². The fourth-order valence-electron chi connectivity index (χ4n) is 1.19. The highest BCUT2D eigenvalue weighted by Gasteiger charge is 2.09. The Balaban J connectivity index is 2.26. The van der Waals surface area contributed by atoms with E-state index >= 15 is 0 Å². The zero-order chi connectivity index (χ0) is 12.7. The van der Waals surface area contributed by atoms with E-state index in [0.29, 0.717) is 19.1 Å². The van der Waals surface area contributed by atoms with Crippen molar-refractivity contribution >= 4 is 5.96 Å². The van der Waals surface area contributed by atoms with E-state index in [-0.39, 0.29) is 5.54 Å². The lowest BCUT2D eigenvalue weighted by molar-refractivity contribution is 0.327. The van der Waals surface area contributed by atoms with Crippen LogP contribution in [0.15, 0.2) is 29.5 Å². The second-order valence-electron chi connectivity index (χ2n) is 4.68. The SMILES string of the molecule is CC(C)(C)NC(N)=NCCOc1cccnc1. The van der Waals surface area contributed by atoms with Crippen molar-refractivity contribution in [2.24, 2.45) is 10.7 Å². The molecule has 0 unspecified atom stereocenters. The average molecular weight is 236 g/mol. The topological polar surface area (TPSA) is 72.5 Å². The van der Waals surface area contributed by atoms with Crippen LogP contribution in [0, 0.1) is 0 Å². The first-order valence-electron chi connectivity index (χ1n) is 5.58. The molecule has 0 saturated heterocycles. The van der Waals surface area contributed by atoms with Gasteiger partial charge in [0.1, 0.15) is 12.4 Å². The van der Waals surface area contributed by atoms with Crippen LogP contribution >= 0.6 is 0 Å². The maximum absolute atomic E-state index is 5.71. The van der Waals surface area contributed by atoms with E-state index in [2.05, 4.69) is 15.3 Å². The normalized spacial score (nSPS) is 12.3. The van der Waals surface area contributed by atoms with Gasteiger partial charge in [0.15, 0.2) is 5.96 Å². The molecule has 3 N–H and O–H groups in total. The first kappa shape index (κ1) is 13.3. The molecular formula is C12H20N4O. The van der Waals surface area contributed by atoms with Gasteiger partial charge in [-0.05, 0) is 32.9 Å². The second-order valence-corrected chi connectivity index (χ2v) is 4.68. The van der Waals surface area contributed by atoms with E-state index < -0.39 is 0 Å². The smallest absolute Gasteiger partial charge is 0.189 e. The first-order chi connectivity index (χ1) is 7.97. The third kappa shape index (κ3) is 6.40. The number of nitrogens with zero attached hydrogens (tertiary/aromatic N) is 2. The minimum atomic E-state index is -0.0716. The van der Waals surface area contributed by atoms with Gasteiger partial charge in [0, 0.05) is 11.7 Å². The minimum Gasteiger partial charge on any atom is -0.490 e. The summed E-state index contributed by atoms with van der Waals surface area (Å²) >= 11 is 0. The summed E-state index contributed by atoms with van der Waals surface area (Å²) in [6.07, 6.45) is 3.37. The first-order valence-corrected chi connectivity index (χ1v) is 5.58. The highest BCUT2D eigenvalue weighted by Crippen LogP contribution is 2.05. The fraction of sp³-hybridized carbons (Fsp3) is 0.500. The van der Waals surface area contributed by atoms with Crippen LogP contribution in [0.25, 0.3) is 0 Å². The number of aliphatic imine (C=N–C) groups is 1. The van der Waals surface area contributed by atoms with Crippen LogP contribution in [-0.4, -0.2) is 29.6 Å². The predicted molar refractivity (Wildman–Crippen MR) is 69.1 cm³/mol. The van der Waals surface area contributed by atoms with Crippen LogP contribution in [0.3, 0.4) is 0 Å². The standard InChI is InChI=1S/C12H20N4O/c1-12(2,3)16-11(13)15-7-8-17-10-5-4-6-14-9-10/h4-6,9H,7-8H2,1-3H3,(H3,13,15,16). The molecule has 0 amide bonds. The molecule has 5 nitrogen and oxygen atoms in total. The van der Waals surface area contributed by atoms with Crippen molar-refractivity contribution in [2.45, 2.75) is 26.3 Å². The number of guanidine groups is 1. The van der Waals surface area contributed by atoms with Crippen LogP contribution in [-0.2, 0) is 0 Å². The second kappa shape index (κ2) is 6.08. The van der Waals surface area contributed by atoms with Gasteiger partial charge in [-0.3, -0.25) is 4.98 Å². The molecule has 0 bridgehead atoms. The molecule has 1 rings (SSSR count). The molecule has 1 aromatic heterocycles. The monoisotopic (exact) mass is 236 g/mol. The lowest BCUT2D eigenvalue weighted by Crippen LogP contribution is -2.45. The van der Waals surface area contributed by atoms with Crippen molar-refractivity contribution in [1.29, 1.82) is 0 Å². The summed E-state index contributed by atoms with van der Waals surface area (Å²) in [5.74, 6) is 1.18. The molecule has 1 aromatic rings. The summed E-state index contributed by atoms with van der Waals surface area (Å²) in [6.45, 7) is 7.09. The Morgan fingerprint density at radius 2 is 2.29 bits per heavy atom. The van der Waals surface area contributed by atoms with E-state index in [1.54, 1.807) is 12.4 Å². The van der Waals surface area contributed by atoms with Gasteiger partial charge in [-0.25, -0.2) is 4.99 Å². The molecule has 5 heteroatoms. The van der Waals surface area contributed by atoms with Crippen molar-refractivity contribution < 1.29 is 4.74 Å². The van der Waals surface area contributed by atoms with Crippen LogP contribution in [0.1, 0.15) is 20.8 Å². The Hall–Kier alpha value is -1.78. The van der Waals surface area contributed by atoms with Crippen molar-refractivity contribution in [3.05, 3.63) is 24.5 Å². The molecule has 0 aliphatic carbocycles. The van der Waals surface area contributed by atoms with Crippen LogP contribution < -0.4 is 15.8 Å². The molecule has 17 heavy (non-hydrogen) atoms. The van der Waals surface area contributed by atoms with Crippen molar-refractivity contribution in [3.63, 3.8) is 0 Å². The molecule has 0 radical (unpaired) electrons. The lowest BCUT2D eigenvalue weighted by atomic mass is 10.1. The molecule has 0 aliphatic heterocycles. The maximum Gasteiger partial charge on any atom is 0.189 e. The lowest BCUT2D eigenvalue weighted by Gasteiger charge is -2.20.